The van der Waals surface area contributed by atoms with E-state index in [1.54, 1.807) is 13.0 Å². The van der Waals surface area contributed by atoms with Gasteiger partial charge in [0.15, 0.2) is 0 Å². The van der Waals surface area contributed by atoms with Crippen LogP contribution in [0.15, 0.2) is 71.0 Å². The highest BCUT2D eigenvalue weighted by molar-refractivity contribution is 5.80. The van der Waals surface area contributed by atoms with Crippen molar-refractivity contribution in [3.8, 4) is 5.75 Å². The van der Waals surface area contributed by atoms with Crippen LogP contribution in [0.3, 0.4) is 0 Å². The molecular formula is C33H43F2N3O2. The molecule has 0 bridgehead atoms. The van der Waals surface area contributed by atoms with Gasteiger partial charge in [0.2, 0.25) is 0 Å². The van der Waals surface area contributed by atoms with E-state index in [2.05, 4.69) is 46.1 Å². The van der Waals surface area contributed by atoms with Crippen LogP contribution in [0.1, 0.15) is 76.4 Å². The lowest BCUT2D eigenvalue weighted by Gasteiger charge is -2.31. The number of aliphatic imine (C=N–C) groups is 1. The fraction of sp³-hybridized carbons (Fsp3) is 0.455. The third-order valence-electron chi connectivity index (χ3n) is 7.38. The molecular weight excluding hydrogens is 508 g/mol. The Balaban J connectivity index is 0.00000141. The Kier molecular flexibility index (Phi) is 10.8. The number of rotatable bonds is 10. The molecule has 1 N–H and O–H groups in total. The molecule has 0 amide bonds. The first-order valence-electron chi connectivity index (χ1n) is 13.8. The van der Waals surface area contributed by atoms with Crippen LogP contribution in [0.5, 0.6) is 5.75 Å². The Hall–Kier alpha value is -3.32. The first-order valence-corrected chi connectivity index (χ1v) is 13.8. The van der Waals surface area contributed by atoms with Crippen molar-refractivity contribution in [2.75, 3.05) is 13.2 Å². The number of benzene rings is 2. The van der Waals surface area contributed by atoms with E-state index in [1.807, 2.05) is 39.8 Å². The van der Waals surface area contributed by atoms with Gasteiger partial charge in [0, 0.05) is 49.2 Å². The number of alkyl halides is 2. The fourth-order valence-electron chi connectivity index (χ4n) is 4.70. The molecule has 0 spiro atoms. The molecule has 1 aliphatic carbocycles. The largest absolute Gasteiger partial charge is 0.493 e. The van der Waals surface area contributed by atoms with Crippen molar-refractivity contribution in [3.05, 3.63) is 88.3 Å². The molecule has 0 radical (unpaired) electrons. The van der Waals surface area contributed by atoms with Crippen LogP contribution >= 0.6 is 0 Å². The molecule has 3 unspecified atom stereocenters. The number of fused-ring (bicyclic) bond motifs is 1. The van der Waals surface area contributed by atoms with E-state index < -0.39 is 11.8 Å². The van der Waals surface area contributed by atoms with Crippen molar-refractivity contribution in [3.63, 3.8) is 0 Å². The van der Waals surface area contributed by atoms with Crippen LogP contribution in [0, 0.1) is 5.92 Å². The third-order valence-corrected chi connectivity index (χ3v) is 7.38. The van der Waals surface area contributed by atoms with Gasteiger partial charge in [-0.15, -0.1) is 0 Å². The van der Waals surface area contributed by atoms with Crippen LogP contribution in [0.2, 0.25) is 0 Å². The molecule has 5 nitrogen and oxygen atoms in total. The summed E-state index contributed by atoms with van der Waals surface area (Å²) in [5.41, 5.74) is 6.77. The van der Waals surface area contributed by atoms with Crippen LogP contribution in [0.4, 0.5) is 8.78 Å². The number of carbonyl (C=O) groups is 1. The quantitative estimate of drug-likeness (QED) is 0.190. The number of hydrogen-bond donors (Lipinski definition) is 1. The number of nitrogens with zero attached hydrogens (tertiary/aromatic N) is 2. The third kappa shape index (κ3) is 8.85. The van der Waals surface area contributed by atoms with Gasteiger partial charge < -0.3 is 14.8 Å². The summed E-state index contributed by atoms with van der Waals surface area (Å²) in [5.74, 6) is 0.565. The van der Waals surface area contributed by atoms with Gasteiger partial charge in [-0.3, -0.25) is 9.89 Å². The Morgan fingerprint density at radius 3 is 2.40 bits per heavy atom. The lowest BCUT2D eigenvalue weighted by molar-refractivity contribution is -0.106. The van der Waals surface area contributed by atoms with E-state index in [1.165, 1.54) is 6.92 Å². The summed E-state index contributed by atoms with van der Waals surface area (Å²) in [6, 6.07) is 14.0. The molecule has 216 valence electrons. The Labute approximate surface area is 238 Å². The molecule has 0 aromatic heterocycles. The highest BCUT2D eigenvalue weighted by atomic mass is 19.1. The van der Waals surface area contributed by atoms with Crippen molar-refractivity contribution in [1.29, 1.82) is 0 Å². The molecule has 2 aliphatic rings. The molecule has 3 atom stereocenters. The predicted octanol–water partition coefficient (Wildman–Crippen LogP) is 7.42. The zero-order valence-electron chi connectivity index (χ0n) is 24.7. The second kappa shape index (κ2) is 13.8. The first-order chi connectivity index (χ1) is 18.9. The Morgan fingerprint density at radius 1 is 1.18 bits per heavy atom. The second-order valence-corrected chi connectivity index (χ2v) is 11.1. The van der Waals surface area contributed by atoms with Gasteiger partial charge in [-0.2, -0.15) is 0 Å². The molecule has 1 aliphatic heterocycles. The molecule has 7 heteroatoms. The minimum atomic E-state index is -1.11. The molecule has 1 heterocycles. The van der Waals surface area contributed by atoms with E-state index in [9.17, 15) is 4.39 Å². The average molecular weight is 552 g/mol. The number of hydrogen-bond acceptors (Lipinski definition) is 5. The molecule has 2 aromatic carbocycles. The standard InChI is InChI=1S/C31H39F2N3O.C2H4O/c1-20(2)35-23(5)21(3)22(4)34-15-24-7-9-25(10-8-24)16-36-17-26-11-12-28(13-29(26)30(32)18-36)37-19-27-14-31(27,6)33;1-2-3/h7-13,27,30,34H,4,14-19H2,1-3,5-6H3;2H,1H3/b23-21+;. The normalized spacial score (nSPS) is 22.1. The predicted molar refractivity (Wildman–Crippen MR) is 159 cm³/mol. The van der Waals surface area contributed by atoms with Crippen molar-refractivity contribution in [1.82, 2.24) is 10.2 Å². The summed E-state index contributed by atoms with van der Waals surface area (Å²) >= 11 is 0. The number of carbonyl (C=O) groups excluding carboxylic acids is 1. The van der Waals surface area contributed by atoms with Crippen molar-refractivity contribution in [2.24, 2.45) is 10.9 Å². The Bertz CT molecular complexity index is 1250. The topological polar surface area (TPSA) is 53.9 Å². The minimum absolute atomic E-state index is 0.0591. The zero-order chi connectivity index (χ0) is 29.4. The maximum absolute atomic E-state index is 15.1. The maximum Gasteiger partial charge on any atom is 0.138 e. The molecule has 40 heavy (non-hydrogen) atoms. The van der Waals surface area contributed by atoms with Crippen LogP contribution in [-0.2, 0) is 24.4 Å². The van der Waals surface area contributed by atoms with Gasteiger partial charge in [-0.1, -0.05) is 36.9 Å². The van der Waals surface area contributed by atoms with E-state index in [4.69, 9.17) is 9.53 Å². The van der Waals surface area contributed by atoms with Gasteiger partial charge >= 0.3 is 0 Å². The fourth-order valence-corrected chi connectivity index (χ4v) is 4.70. The van der Waals surface area contributed by atoms with E-state index in [-0.39, 0.29) is 5.92 Å². The highest BCUT2D eigenvalue weighted by Crippen LogP contribution is 2.47. The highest BCUT2D eigenvalue weighted by Gasteiger charge is 2.51. The number of halogens is 2. The van der Waals surface area contributed by atoms with Crippen molar-refractivity contribution < 1.29 is 18.3 Å². The van der Waals surface area contributed by atoms with Crippen LogP contribution in [0.25, 0.3) is 0 Å². The number of nitrogens with one attached hydrogen (secondary N) is 1. The summed E-state index contributed by atoms with van der Waals surface area (Å²) < 4.78 is 34.6. The zero-order valence-corrected chi connectivity index (χ0v) is 24.7. The minimum Gasteiger partial charge on any atom is -0.493 e. The molecule has 4 rings (SSSR count). The van der Waals surface area contributed by atoms with Gasteiger partial charge in [0.05, 0.1) is 6.61 Å². The average Bonchev–Trinajstić information content (AvgIpc) is 3.52. The molecule has 2 aromatic rings. The number of aldehydes is 1. The van der Waals surface area contributed by atoms with Gasteiger partial charge in [-0.25, -0.2) is 8.78 Å². The summed E-state index contributed by atoms with van der Waals surface area (Å²) in [6.45, 7) is 17.9. The van der Waals surface area contributed by atoms with Crippen LogP contribution < -0.4 is 10.1 Å². The van der Waals surface area contributed by atoms with Crippen molar-refractivity contribution in [2.45, 2.75) is 79.4 Å². The molecule has 1 saturated carbocycles. The number of allylic oxidation sites excluding steroid dienone is 2. The second-order valence-electron chi connectivity index (χ2n) is 11.1. The number of ether oxygens (including phenoxy) is 1. The van der Waals surface area contributed by atoms with E-state index in [0.717, 1.165) is 45.7 Å². The first kappa shape index (κ1) is 31.2. The van der Waals surface area contributed by atoms with E-state index in [0.29, 0.717) is 50.5 Å². The summed E-state index contributed by atoms with van der Waals surface area (Å²) in [6.07, 6.45) is 0.214. The SMILES string of the molecule is C=C(NCc1ccc(CN2Cc3ccc(OCC4CC4(C)F)cc3C(F)C2)cc1)/C(C)=C(\C)N=C(C)C.CC=O. The Morgan fingerprint density at radius 2 is 1.80 bits per heavy atom. The van der Waals surface area contributed by atoms with Crippen LogP contribution in [-0.4, -0.2) is 35.7 Å². The lowest BCUT2D eigenvalue weighted by Crippen LogP contribution is -2.31. The van der Waals surface area contributed by atoms with Gasteiger partial charge in [0.25, 0.3) is 0 Å². The van der Waals surface area contributed by atoms with Gasteiger partial charge in [0.1, 0.15) is 23.9 Å². The summed E-state index contributed by atoms with van der Waals surface area (Å²) in [5, 5.41) is 3.39. The maximum atomic E-state index is 15.1. The summed E-state index contributed by atoms with van der Waals surface area (Å²) in [7, 11) is 0. The summed E-state index contributed by atoms with van der Waals surface area (Å²) in [4.78, 5) is 15.5. The monoisotopic (exact) mass is 551 g/mol. The van der Waals surface area contributed by atoms with Gasteiger partial charge in [-0.05, 0) is 87.9 Å². The van der Waals surface area contributed by atoms with Crippen molar-refractivity contribution >= 4 is 12.0 Å². The lowest BCUT2D eigenvalue weighted by atomic mass is 9.97. The molecule has 1 fully saturated rings. The van der Waals surface area contributed by atoms with E-state index >= 15 is 4.39 Å². The smallest absolute Gasteiger partial charge is 0.138 e. The molecule has 0 saturated heterocycles.